The summed E-state index contributed by atoms with van der Waals surface area (Å²) >= 11 is 0. The van der Waals surface area contributed by atoms with Crippen molar-refractivity contribution in [3.8, 4) is 5.75 Å². The van der Waals surface area contributed by atoms with Gasteiger partial charge < -0.3 is 10.1 Å². The van der Waals surface area contributed by atoms with E-state index in [1.807, 2.05) is 0 Å². The number of nitrogens with zero attached hydrogens (tertiary/aromatic N) is 1. The van der Waals surface area contributed by atoms with Crippen molar-refractivity contribution in [1.82, 2.24) is 4.57 Å². The summed E-state index contributed by atoms with van der Waals surface area (Å²) < 4.78 is 6.43. The SMILES string of the molecule is CNc1cn(C=N)c(=N)cc1OC. The highest BCUT2D eigenvalue weighted by Gasteiger charge is 2.01. The van der Waals surface area contributed by atoms with Crippen LogP contribution in [0.15, 0.2) is 12.3 Å². The molecule has 0 radical (unpaired) electrons. The Balaban J connectivity index is 3.34. The monoisotopic (exact) mass is 180 g/mol. The number of anilines is 1. The molecule has 0 spiro atoms. The first-order valence-electron chi connectivity index (χ1n) is 3.76. The molecule has 0 atom stereocenters. The van der Waals surface area contributed by atoms with Gasteiger partial charge in [0.25, 0.3) is 0 Å². The first-order chi connectivity index (χ1) is 6.22. The molecule has 5 nitrogen and oxygen atoms in total. The minimum atomic E-state index is 0.214. The summed E-state index contributed by atoms with van der Waals surface area (Å²) in [6.07, 6.45) is 2.71. The first kappa shape index (κ1) is 9.31. The van der Waals surface area contributed by atoms with Crippen LogP contribution in [-0.4, -0.2) is 25.1 Å². The van der Waals surface area contributed by atoms with E-state index in [0.717, 1.165) is 12.0 Å². The van der Waals surface area contributed by atoms with Gasteiger partial charge in [-0.25, -0.2) is 0 Å². The second kappa shape index (κ2) is 3.75. The Morgan fingerprint density at radius 2 is 2.31 bits per heavy atom. The van der Waals surface area contributed by atoms with Crippen LogP contribution in [0.3, 0.4) is 0 Å². The summed E-state index contributed by atoms with van der Waals surface area (Å²) in [5.74, 6) is 0.602. The van der Waals surface area contributed by atoms with Gasteiger partial charge in [-0.1, -0.05) is 0 Å². The molecule has 1 heterocycles. The van der Waals surface area contributed by atoms with Crippen LogP contribution in [0.25, 0.3) is 0 Å². The molecule has 0 bridgehead atoms. The predicted molar refractivity (Wildman–Crippen MR) is 50.6 cm³/mol. The molecule has 5 heteroatoms. The van der Waals surface area contributed by atoms with Gasteiger partial charge in [0.15, 0.2) is 0 Å². The maximum absolute atomic E-state index is 7.49. The fourth-order valence-corrected chi connectivity index (χ4v) is 1.01. The van der Waals surface area contributed by atoms with Crippen LogP contribution in [0.4, 0.5) is 5.69 Å². The van der Waals surface area contributed by atoms with E-state index in [1.165, 1.54) is 4.57 Å². The van der Waals surface area contributed by atoms with Crippen molar-refractivity contribution < 1.29 is 4.74 Å². The molecule has 0 fully saturated rings. The van der Waals surface area contributed by atoms with Crippen LogP contribution in [-0.2, 0) is 0 Å². The first-order valence-corrected chi connectivity index (χ1v) is 3.76. The van der Waals surface area contributed by atoms with E-state index in [0.29, 0.717) is 5.75 Å². The van der Waals surface area contributed by atoms with Crippen molar-refractivity contribution in [2.24, 2.45) is 0 Å². The van der Waals surface area contributed by atoms with E-state index in [9.17, 15) is 0 Å². The standard InChI is InChI=1S/C8H12N4O/c1-11-6-4-12(5-9)8(10)3-7(6)13-2/h3-5,9-11H,1-2H3. The smallest absolute Gasteiger partial charge is 0.147 e. The second-order valence-electron chi connectivity index (χ2n) is 2.43. The van der Waals surface area contributed by atoms with E-state index in [2.05, 4.69) is 5.32 Å². The lowest BCUT2D eigenvalue weighted by Gasteiger charge is -2.09. The predicted octanol–water partition coefficient (Wildman–Crippen LogP) is 0.473. The Morgan fingerprint density at radius 1 is 1.62 bits per heavy atom. The summed E-state index contributed by atoms with van der Waals surface area (Å²) in [6.45, 7) is 0. The van der Waals surface area contributed by atoms with Crippen molar-refractivity contribution >= 4 is 12.0 Å². The Morgan fingerprint density at radius 3 is 2.77 bits per heavy atom. The van der Waals surface area contributed by atoms with Gasteiger partial charge in [0.2, 0.25) is 0 Å². The molecular weight excluding hydrogens is 168 g/mol. The molecule has 0 unspecified atom stereocenters. The lowest BCUT2D eigenvalue weighted by Crippen LogP contribution is -2.19. The zero-order valence-electron chi connectivity index (χ0n) is 7.59. The normalized spacial score (nSPS) is 9.38. The van der Waals surface area contributed by atoms with Crippen LogP contribution < -0.4 is 15.5 Å². The van der Waals surface area contributed by atoms with E-state index >= 15 is 0 Å². The van der Waals surface area contributed by atoms with Gasteiger partial charge in [0, 0.05) is 19.3 Å². The van der Waals surface area contributed by atoms with E-state index < -0.39 is 0 Å². The van der Waals surface area contributed by atoms with Crippen molar-refractivity contribution in [3.63, 3.8) is 0 Å². The number of nitrogens with one attached hydrogen (secondary N) is 3. The van der Waals surface area contributed by atoms with Gasteiger partial charge in [-0.2, -0.15) is 0 Å². The molecule has 13 heavy (non-hydrogen) atoms. The Labute approximate surface area is 76.0 Å². The third-order valence-corrected chi connectivity index (χ3v) is 1.71. The molecule has 1 rings (SSSR count). The maximum atomic E-state index is 7.49. The van der Waals surface area contributed by atoms with Crippen molar-refractivity contribution in [2.45, 2.75) is 0 Å². The number of ether oxygens (including phenoxy) is 1. The number of methoxy groups -OCH3 is 1. The van der Waals surface area contributed by atoms with Crippen LogP contribution in [0.2, 0.25) is 0 Å². The van der Waals surface area contributed by atoms with Gasteiger partial charge in [-0.3, -0.25) is 15.4 Å². The van der Waals surface area contributed by atoms with Crippen molar-refractivity contribution in [3.05, 3.63) is 17.8 Å². The molecule has 0 amide bonds. The number of aromatic nitrogens is 1. The van der Waals surface area contributed by atoms with Crippen LogP contribution in [0.1, 0.15) is 0 Å². The highest BCUT2D eigenvalue weighted by molar-refractivity contribution is 5.61. The molecule has 1 aromatic heterocycles. The van der Waals surface area contributed by atoms with E-state index in [-0.39, 0.29) is 5.49 Å². The fraction of sp³-hybridized carbons (Fsp3) is 0.250. The average molecular weight is 180 g/mol. The molecular formula is C8H12N4O. The molecule has 70 valence electrons. The van der Waals surface area contributed by atoms with Crippen LogP contribution >= 0.6 is 0 Å². The molecule has 0 saturated heterocycles. The fourth-order valence-electron chi connectivity index (χ4n) is 1.01. The van der Waals surface area contributed by atoms with Gasteiger partial charge in [-0.15, -0.1) is 0 Å². The lowest BCUT2D eigenvalue weighted by atomic mass is 10.3. The number of hydrogen-bond acceptors (Lipinski definition) is 4. The molecule has 0 aliphatic rings. The van der Waals surface area contributed by atoms with E-state index in [4.69, 9.17) is 15.6 Å². The van der Waals surface area contributed by atoms with Gasteiger partial charge in [-0.05, 0) is 0 Å². The average Bonchev–Trinajstić information content (AvgIpc) is 2.17. The molecule has 3 N–H and O–H groups in total. The molecule has 1 aromatic rings. The lowest BCUT2D eigenvalue weighted by molar-refractivity contribution is 0.415. The number of rotatable bonds is 3. The van der Waals surface area contributed by atoms with Gasteiger partial charge >= 0.3 is 0 Å². The second-order valence-corrected chi connectivity index (χ2v) is 2.43. The quantitative estimate of drug-likeness (QED) is 0.467. The van der Waals surface area contributed by atoms with Crippen LogP contribution in [0, 0.1) is 10.8 Å². The third kappa shape index (κ3) is 1.69. The van der Waals surface area contributed by atoms with Crippen molar-refractivity contribution in [1.29, 1.82) is 10.8 Å². The zero-order valence-corrected chi connectivity index (χ0v) is 7.59. The van der Waals surface area contributed by atoms with Gasteiger partial charge in [0.1, 0.15) is 11.2 Å². The van der Waals surface area contributed by atoms with E-state index in [1.54, 1.807) is 26.4 Å². The Bertz CT molecular complexity index is 369. The summed E-state index contributed by atoms with van der Waals surface area (Å²) in [4.78, 5) is 0. The largest absolute Gasteiger partial charge is 0.494 e. The summed E-state index contributed by atoms with van der Waals surface area (Å²) in [5.41, 5.74) is 0.966. The molecule has 0 aliphatic carbocycles. The Kier molecular flexibility index (Phi) is 2.69. The third-order valence-electron chi connectivity index (χ3n) is 1.71. The zero-order chi connectivity index (χ0) is 9.84. The van der Waals surface area contributed by atoms with Crippen LogP contribution in [0.5, 0.6) is 5.75 Å². The minimum absolute atomic E-state index is 0.214. The minimum Gasteiger partial charge on any atom is -0.494 e. The van der Waals surface area contributed by atoms with Crippen molar-refractivity contribution in [2.75, 3.05) is 19.5 Å². The van der Waals surface area contributed by atoms with Gasteiger partial charge in [0.05, 0.1) is 19.1 Å². The molecule has 0 saturated carbocycles. The Hall–Kier alpha value is -1.78. The topological polar surface area (TPSA) is 73.9 Å². The highest BCUT2D eigenvalue weighted by atomic mass is 16.5. The highest BCUT2D eigenvalue weighted by Crippen LogP contribution is 2.19. The molecule has 0 aromatic carbocycles. The summed E-state index contributed by atoms with van der Waals surface area (Å²) in [7, 11) is 3.31. The molecule has 0 aliphatic heterocycles. The maximum Gasteiger partial charge on any atom is 0.147 e. The number of pyridine rings is 1. The summed E-state index contributed by atoms with van der Waals surface area (Å²) in [5, 5.41) is 17.4. The summed E-state index contributed by atoms with van der Waals surface area (Å²) in [6, 6.07) is 1.55. The number of hydrogen-bond donors (Lipinski definition) is 3.